The Morgan fingerprint density at radius 3 is 2.56 bits per heavy atom. The predicted molar refractivity (Wildman–Crippen MR) is 73.0 cm³/mol. The molecule has 2 rings (SSSR count). The number of rotatable bonds is 2. The first-order valence-electron chi connectivity index (χ1n) is 6.18. The third kappa shape index (κ3) is 2.63. The average molecular weight is 220 g/mol. The van der Waals surface area contributed by atoms with Crippen LogP contribution in [0.25, 0.3) is 11.0 Å². The van der Waals surface area contributed by atoms with Crippen LogP contribution >= 0.6 is 0 Å². The van der Waals surface area contributed by atoms with Gasteiger partial charge in [0.05, 0.1) is 0 Å². The highest BCUT2D eigenvalue weighted by Gasteiger charge is 2.05. The lowest BCUT2D eigenvalue weighted by Crippen LogP contribution is -1.85. The predicted octanol–water partition coefficient (Wildman–Crippen LogP) is 4.52. The fourth-order valence-corrected chi connectivity index (χ4v) is 1.59. The second-order valence-corrected chi connectivity index (χ2v) is 4.01. The van der Waals surface area contributed by atoms with Gasteiger partial charge >= 0.3 is 0 Å². The zero-order valence-electron chi connectivity index (χ0n) is 11.0. The molecule has 0 bridgehead atoms. The first-order chi connectivity index (χ1) is 7.70. The van der Waals surface area contributed by atoms with Gasteiger partial charge in [0.2, 0.25) is 0 Å². The topological polar surface area (TPSA) is 28.7 Å². The van der Waals surface area contributed by atoms with E-state index in [4.69, 9.17) is 0 Å². The standard InChI is InChI=1S/C12H16N2.C2H6.H2/c1-4-9-5-10-6-11(8(2)3)14-12(10)13-7-9;1-2;/h5-8H,4H2,1-3H3,(H,13,14);1-2H3;1H. The molecule has 0 fully saturated rings. The van der Waals surface area contributed by atoms with Crippen LogP contribution in [0.4, 0.5) is 0 Å². The Hall–Kier alpha value is -1.31. The number of aromatic amines is 1. The molecule has 2 heteroatoms. The lowest BCUT2D eigenvalue weighted by molar-refractivity contribution is 0.835. The molecule has 0 spiro atoms. The number of pyridine rings is 1. The first kappa shape index (κ1) is 12.8. The molecule has 0 amide bonds. The summed E-state index contributed by atoms with van der Waals surface area (Å²) in [6.07, 6.45) is 2.99. The Bertz CT molecular complexity index is 446. The van der Waals surface area contributed by atoms with E-state index in [9.17, 15) is 0 Å². The van der Waals surface area contributed by atoms with Gasteiger partial charge in [0.15, 0.2) is 0 Å². The van der Waals surface area contributed by atoms with Gasteiger partial charge in [0.1, 0.15) is 5.65 Å². The molecule has 0 aliphatic carbocycles. The molecule has 0 atom stereocenters. The minimum Gasteiger partial charge on any atom is -0.343 e. The van der Waals surface area contributed by atoms with E-state index in [1.54, 1.807) is 0 Å². The minimum atomic E-state index is 0. The monoisotopic (exact) mass is 220 g/mol. The zero-order valence-corrected chi connectivity index (χ0v) is 11.0. The number of fused-ring (bicyclic) bond motifs is 1. The number of H-pyrrole nitrogens is 1. The number of nitrogens with zero attached hydrogens (tertiary/aromatic N) is 1. The van der Waals surface area contributed by atoms with E-state index >= 15 is 0 Å². The van der Waals surface area contributed by atoms with Crippen LogP contribution in [0.1, 0.15) is 53.2 Å². The molecule has 0 saturated carbocycles. The van der Waals surface area contributed by atoms with Crippen molar-refractivity contribution < 1.29 is 1.43 Å². The van der Waals surface area contributed by atoms with Crippen LogP contribution in [0.3, 0.4) is 0 Å². The van der Waals surface area contributed by atoms with Crippen molar-refractivity contribution >= 4 is 11.0 Å². The van der Waals surface area contributed by atoms with Crippen molar-refractivity contribution in [3.63, 3.8) is 0 Å². The molecular formula is C14H24N2. The van der Waals surface area contributed by atoms with Crippen molar-refractivity contribution in [3.05, 3.63) is 29.6 Å². The summed E-state index contributed by atoms with van der Waals surface area (Å²) >= 11 is 0. The van der Waals surface area contributed by atoms with Gasteiger partial charge in [-0.05, 0) is 30.0 Å². The van der Waals surface area contributed by atoms with Crippen molar-refractivity contribution in [2.24, 2.45) is 0 Å². The summed E-state index contributed by atoms with van der Waals surface area (Å²) < 4.78 is 0. The van der Waals surface area contributed by atoms with Crippen LogP contribution in [0.15, 0.2) is 18.3 Å². The highest BCUT2D eigenvalue weighted by Crippen LogP contribution is 2.20. The highest BCUT2D eigenvalue weighted by molar-refractivity contribution is 5.77. The summed E-state index contributed by atoms with van der Waals surface area (Å²) in [5, 5.41) is 1.23. The Morgan fingerprint density at radius 2 is 2.00 bits per heavy atom. The van der Waals surface area contributed by atoms with Gasteiger partial charge in [0, 0.05) is 18.7 Å². The Labute approximate surface area is 99.6 Å². The van der Waals surface area contributed by atoms with Gasteiger partial charge in [-0.3, -0.25) is 0 Å². The van der Waals surface area contributed by atoms with E-state index < -0.39 is 0 Å². The van der Waals surface area contributed by atoms with Crippen LogP contribution in [0.5, 0.6) is 0 Å². The molecule has 16 heavy (non-hydrogen) atoms. The van der Waals surface area contributed by atoms with E-state index in [-0.39, 0.29) is 1.43 Å². The second-order valence-electron chi connectivity index (χ2n) is 4.01. The summed E-state index contributed by atoms with van der Waals surface area (Å²) in [6, 6.07) is 4.41. The molecule has 0 aromatic carbocycles. The smallest absolute Gasteiger partial charge is 0.137 e. The molecule has 2 aromatic heterocycles. The van der Waals surface area contributed by atoms with Gasteiger partial charge in [-0.15, -0.1) is 0 Å². The summed E-state index contributed by atoms with van der Waals surface area (Å²) in [6.45, 7) is 10.5. The van der Waals surface area contributed by atoms with E-state index in [1.165, 1.54) is 16.6 Å². The van der Waals surface area contributed by atoms with Crippen LogP contribution in [-0.2, 0) is 6.42 Å². The summed E-state index contributed by atoms with van der Waals surface area (Å²) in [4.78, 5) is 7.73. The van der Waals surface area contributed by atoms with Crippen LogP contribution in [0, 0.1) is 0 Å². The van der Waals surface area contributed by atoms with Crippen molar-refractivity contribution in [3.8, 4) is 0 Å². The van der Waals surface area contributed by atoms with Crippen LogP contribution < -0.4 is 0 Å². The molecule has 0 aliphatic heterocycles. The SMILES string of the molecule is CC.CCc1cnc2[nH]c(C(C)C)cc2c1.[HH]. The van der Waals surface area contributed by atoms with E-state index in [1.807, 2.05) is 20.0 Å². The molecule has 1 N–H and O–H groups in total. The third-order valence-corrected chi connectivity index (χ3v) is 2.58. The minimum absolute atomic E-state index is 0. The molecule has 2 heterocycles. The Balaban J connectivity index is 0.000000811. The molecular weight excluding hydrogens is 196 g/mol. The van der Waals surface area contributed by atoms with Gasteiger partial charge in [0.25, 0.3) is 0 Å². The third-order valence-electron chi connectivity index (χ3n) is 2.58. The fraction of sp³-hybridized carbons (Fsp3) is 0.500. The van der Waals surface area contributed by atoms with Gasteiger partial charge < -0.3 is 4.98 Å². The Morgan fingerprint density at radius 1 is 1.31 bits per heavy atom. The van der Waals surface area contributed by atoms with Crippen molar-refractivity contribution in [1.82, 2.24) is 9.97 Å². The summed E-state index contributed by atoms with van der Waals surface area (Å²) in [5.74, 6) is 0.536. The normalized spacial score (nSPS) is 10.4. The van der Waals surface area contributed by atoms with E-state index in [0.717, 1.165) is 12.1 Å². The maximum absolute atomic E-state index is 4.40. The van der Waals surface area contributed by atoms with Crippen molar-refractivity contribution in [2.45, 2.75) is 47.0 Å². The van der Waals surface area contributed by atoms with Gasteiger partial charge in [-0.25, -0.2) is 4.98 Å². The average Bonchev–Trinajstić information content (AvgIpc) is 2.74. The molecule has 90 valence electrons. The number of aryl methyl sites for hydroxylation is 1. The van der Waals surface area contributed by atoms with Crippen molar-refractivity contribution in [2.75, 3.05) is 0 Å². The highest BCUT2D eigenvalue weighted by atomic mass is 14.9. The van der Waals surface area contributed by atoms with E-state index in [2.05, 4.69) is 42.9 Å². The van der Waals surface area contributed by atoms with E-state index in [0.29, 0.717) is 5.92 Å². The maximum Gasteiger partial charge on any atom is 0.137 e. The number of hydrogen-bond donors (Lipinski definition) is 1. The second kappa shape index (κ2) is 5.69. The number of nitrogens with one attached hydrogen (secondary N) is 1. The van der Waals surface area contributed by atoms with Crippen LogP contribution in [-0.4, -0.2) is 9.97 Å². The Kier molecular flexibility index (Phi) is 4.53. The number of hydrogen-bond acceptors (Lipinski definition) is 1. The summed E-state index contributed by atoms with van der Waals surface area (Å²) in [7, 11) is 0. The summed E-state index contributed by atoms with van der Waals surface area (Å²) in [5.41, 5.74) is 3.57. The maximum atomic E-state index is 4.40. The zero-order chi connectivity index (χ0) is 12.1. The van der Waals surface area contributed by atoms with Gasteiger partial charge in [-0.1, -0.05) is 34.6 Å². The van der Waals surface area contributed by atoms with Crippen LogP contribution in [0.2, 0.25) is 0 Å². The molecule has 0 aliphatic rings. The molecule has 2 aromatic rings. The molecule has 0 saturated heterocycles. The van der Waals surface area contributed by atoms with Crippen molar-refractivity contribution in [1.29, 1.82) is 0 Å². The molecule has 2 nitrogen and oxygen atoms in total. The largest absolute Gasteiger partial charge is 0.343 e. The lowest BCUT2D eigenvalue weighted by atomic mass is 10.1. The lowest BCUT2D eigenvalue weighted by Gasteiger charge is -1.97. The first-order valence-corrected chi connectivity index (χ1v) is 6.18. The fourth-order valence-electron chi connectivity index (χ4n) is 1.59. The molecule has 0 unspecified atom stereocenters. The number of aromatic nitrogens is 2. The quantitative estimate of drug-likeness (QED) is 0.792. The van der Waals surface area contributed by atoms with Gasteiger partial charge in [-0.2, -0.15) is 0 Å². The molecule has 0 radical (unpaired) electrons.